The first kappa shape index (κ1) is 16.7. The van der Waals surface area contributed by atoms with Crippen molar-refractivity contribution in [2.75, 3.05) is 11.9 Å². The van der Waals surface area contributed by atoms with Gasteiger partial charge in [-0.15, -0.1) is 11.3 Å². The molecule has 5 nitrogen and oxygen atoms in total. The second kappa shape index (κ2) is 8.01. The van der Waals surface area contributed by atoms with Gasteiger partial charge in [-0.2, -0.15) is 0 Å². The van der Waals surface area contributed by atoms with Crippen LogP contribution in [0.5, 0.6) is 0 Å². The van der Waals surface area contributed by atoms with Gasteiger partial charge in [0.05, 0.1) is 18.2 Å². The zero-order chi connectivity index (χ0) is 15.1. The Kier molecular flexibility index (Phi) is 6.67. The van der Waals surface area contributed by atoms with Crippen molar-refractivity contribution in [1.29, 1.82) is 0 Å². The van der Waals surface area contributed by atoms with Gasteiger partial charge in [-0.05, 0) is 25.8 Å². The molecule has 1 heterocycles. The highest BCUT2D eigenvalue weighted by atomic mass is 32.1. The van der Waals surface area contributed by atoms with Crippen LogP contribution in [0.3, 0.4) is 0 Å². The van der Waals surface area contributed by atoms with Crippen LogP contribution in [0, 0.1) is 0 Å². The smallest absolute Gasteiger partial charge is 0.341 e. The van der Waals surface area contributed by atoms with Gasteiger partial charge in [0, 0.05) is 4.88 Å². The maximum atomic E-state index is 12.0. The number of anilines is 1. The van der Waals surface area contributed by atoms with E-state index < -0.39 is 12.0 Å². The van der Waals surface area contributed by atoms with Crippen LogP contribution in [0.25, 0.3) is 0 Å². The van der Waals surface area contributed by atoms with E-state index in [1.807, 2.05) is 13.8 Å². The Balaban J connectivity index is 2.90. The highest BCUT2D eigenvalue weighted by Crippen LogP contribution is 2.29. The van der Waals surface area contributed by atoms with Crippen molar-refractivity contribution in [2.45, 2.75) is 46.1 Å². The molecule has 0 radical (unpaired) electrons. The lowest BCUT2D eigenvalue weighted by Crippen LogP contribution is -2.35. The van der Waals surface area contributed by atoms with Crippen LogP contribution >= 0.6 is 11.3 Å². The SMILES string of the molecule is CCC[C@H](N)C(=O)Nc1sc(CC)cc1C(=O)OCC. The third-order valence-electron chi connectivity index (χ3n) is 2.80. The monoisotopic (exact) mass is 298 g/mol. The maximum Gasteiger partial charge on any atom is 0.341 e. The van der Waals surface area contributed by atoms with Gasteiger partial charge in [-0.25, -0.2) is 4.79 Å². The molecular weight excluding hydrogens is 276 g/mol. The normalized spacial score (nSPS) is 12.0. The molecular formula is C14H22N2O3S. The van der Waals surface area contributed by atoms with Crippen molar-refractivity contribution in [3.63, 3.8) is 0 Å². The Hall–Kier alpha value is -1.40. The molecule has 6 heteroatoms. The van der Waals surface area contributed by atoms with E-state index in [0.717, 1.165) is 17.7 Å². The van der Waals surface area contributed by atoms with Crippen molar-refractivity contribution in [3.8, 4) is 0 Å². The molecule has 3 N–H and O–H groups in total. The summed E-state index contributed by atoms with van der Waals surface area (Å²) in [5.74, 6) is -0.676. The van der Waals surface area contributed by atoms with Crippen molar-refractivity contribution >= 4 is 28.2 Å². The van der Waals surface area contributed by atoms with E-state index in [4.69, 9.17) is 10.5 Å². The van der Waals surface area contributed by atoms with Gasteiger partial charge >= 0.3 is 5.97 Å². The number of nitrogens with two attached hydrogens (primary N) is 1. The van der Waals surface area contributed by atoms with Gasteiger partial charge in [-0.1, -0.05) is 20.3 Å². The van der Waals surface area contributed by atoms with Crippen LogP contribution in [-0.2, 0) is 16.0 Å². The van der Waals surface area contributed by atoms with Crippen LogP contribution < -0.4 is 11.1 Å². The quantitative estimate of drug-likeness (QED) is 0.758. The second-order valence-electron chi connectivity index (χ2n) is 4.41. The topological polar surface area (TPSA) is 81.4 Å². The number of hydrogen-bond donors (Lipinski definition) is 2. The summed E-state index contributed by atoms with van der Waals surface area (Å²) in [6.45, 7) is 6.02. The number of carbonyl (C=O) groups excluding carboxylic acids is 2. The Morgan fingerprint density at radius 3 is 2.65 bits per heavy atom. The number of amides is 1. The van der Waals surface area contributed by atoms with Crippen molar-refractivity contribution in [3.05, 3.63) is 16.5 Å². The lowest BCUT2D eigenvalue weighted by molar-refractivity contribution is -0.117. The van der Waals surface area contributed by atoms with E-state index in [1.165, 1.54) is 11.3 Å². The third kappa shape index (κ3) is 4.31. The van der Waals surface area contributed by atoms with Gasteiger partial charge < -0.3 is 15.8 Å². The van der Waals surface area contributed by atoms with E-state index in [0.29, 0.717) is 23.6 Å². The predicted octanol–water partition coefficient (Wildman–Crippen LogP) is 2.55. The van der Waals surface area contributed by atoms with Gasteiger partial charge in [0.1, 0.15) is 5.00 Å². The first-order chi connectivity index (χ1) is 9.53. The fourth-order valence-electron chi connectivity index (χ4n) is 1.72. The summed E-state index contributed by atoms with van der Waals surface area (Å²) in [5.41, 5.74) is 6.18. The highest BCUT2D eigenvalue weighted by molar-refractivity contribution is 7.16. The molecule has 1 atom stereocenters. The molecule has 1 aromatic heterocycles. The van der Waals surface area contributed by atoms with E-state index in [2.05, 4.69) is 5.32 Å². The standard InChI is InChI=1S/C14H22N2O3S/c1-4-7-11(15)12(17)16-13-10(14(18)19-6-3)8-9(5-2)20-13/h8,11H,4-7,15H2,1-3H3,(H,16,17)/t11-/m0/s1. The lowest BCUT2D eigenvalue weighted by Gasteiger charge is -2.11. The summed E-state index contributed by atoms with van der Waals surface area (Å²) in [4.78, 5) is 24.8. The number of ether oxygens (including phenoxy) is 1. The summed E-state index contributed by atoms with van der Waals surface area (Å²) in [7, 11) is 0. The van der Waals surface area contributed by atoms with Gasteiger partial charge in [0.2, 0.25) is 5.91 Å². The molecule has 0 aliphatic carbocycles. The van der Waals surface area contributed by atoms with Gasteiger partial charge in [-0.3, -0.25) is 4.79 Å². The average molecular weight is 298 g/mol. The van der Waals surface area contributed by atoms with Gasteiger partial charge in [0.25, 0.3) is 0 Å². The molecule has 1 amide bonds. The summed E-state index contributed by atoms with van der Waals surface area (Å²) in [6, 6.07) is 1.21. The molecule has 0 aromatic carbocycles. The van der Waals surface area contributed by atoms with Crippen molar-refractivity contribution in [2.24, 2.45) is 5.73 Å². The van der Waals surface area contributed by atoms with E-state index in [-0.39, 0.29) is 5.91 Å². The minimum absolute atomic E-state index is 0.262. The van der Waals surface area contributed by atoms with Crippen LogP contribution in [0.1, 0.15) is 48.8 Å². The molecule has 0 spiro atoms. The molecule has 0 saturated carbocycles. The Morgan fingerprint density at radius 1 is 1.40 bits per heavy atom. The molecule has 0 aliphatic rings. The van der Waals surface area contributed by atoms with Crippen molar-refractivity contribution < 1.29 is 14.3 Å². The van der Waals surface area contributed by atoms with Crippen molar-refractivity contribution in [1.82, 2.24) is 0 Å². The predicted molar refractivity (Wildman–Crippen MR) is 81.2 cm³/mol. The summed E-state index contributed by atoms with van der Waals surface area (Å²) < 4.78 is 5.00. The number of rotatable bonds is 7. The Labute approximate surface area is 123 Å². The zero-order valence-corrected chi connectivity index (χ0v) is 13.0. The lowest BCUT2D eigenvalue weighted by atomic mass is 10.1. The molecule has 0 unspecified atom stereocenters. The number of aryl methyl sites for hydroxylation is 1. The minimum Gasteiger partial charge on any atom is -0.462 e. The molecule has 20 heavy (non-hydrogen) atoms. The first-order valence-electron chi connectivity index (χ1n) is 6.89. The molecule has 1 aromatic rings. The average Bonchev–Trinajstić information content (AvgIpc) is 2.82. The summed E-state index contributed by atoms with van der Waals surface area (Å²) in [5, 5.41) is 3.27. The zero-order valence-electron chi connectivity index (χ0n) is 12.2. The third-order valence-corrected chi connectivity index (χ3v) is 3.99. The van der Waals surface area contributed by atoms with E-state index >= 15 is 0 Å². The van der Waals surface area contributed by atoms with Crippen LogP contribution in [-0.4, -0.2) is 24.5 Å². The van der Waals surface area contributed by atoms with Crippen LogP contribution in [0.2, 0.25) is 0 Å². The number of hydrogen-bond acceptors (Lipinski definition) is 5. The fourth-order valence-corrected chi connectivity index (χ4v) is 2.70. The minimum atomic E-state index is -0.553. The number of nitrogens with one attached hydrogen (secondary N) is 1. The molecule has 0 bridgehead atoms. The molecule has 1 rings (SSSR count). The Morgan fingerprint density at radius 2 is 2.10 bits per heavy atom. The molecule has 0 aliphatic heterocycles. The summed E-state index contributed by atoms with van der Waals surface area (Å²) in [6.07, 6.45) is 2.25. The highest BCUT2D eigenvalue weighted by Gasteiger charge is 2.20. The summed E-state index contributed by atoms with van der Waals surface area (Å²) >= 11 is 1.39. The first-order valence-corrected chi connectivity index (χ1v) is 7.71. The maximum absolute atomic E-state index is 12.0. The van der Waals surface area contributed by atoms with E-state index in [9.17, 15) is 9.59 Å². The van der Waals surface area contributed by atoms with E-state index in [1.54, 1.807) is 13.0 Å². The number of carbonyl (C=O) groups is 2. The fraction of sp³-hybridized carbons (Fsp3) is 0.571. The van der Waals surface area contributed by atoms with Crippen LogP contribution in [0.15, 0.2) is 6.07 Å². The molecule has 0 fully saturated rings. The van der Waals surface area contributed by atoms with Gasteiger partial charge in [0.15, 0.2) is 0 Å². The number of esters is 1. The second-order valence-corrected chi connectivity index (χ2v) is 5.55. The number of thiophene rings is 1. The molecule has 112 valence electrons. The largest absolute Gasteiger partial charge is 0.462 e. The Bertz CT molecular complexity index is 471. The molecule has 0 saturated heterocycles. The van der Waals surface area contributed by atoms with Crippen LogP contribution in [0.4, 0.5) is 5.00 Å².